The molecule has 0 spiro atoms. The normalized spacial score (nSPS) is 28.1. The third kappa shape index (κ3) is 2.83. The van der Waals surface area contributed by atoms with Crippen molar-refractivity contribution in [3.8, 4) is 0 Å². The summed E-state index contributed by atoms with van der Waals surface area (Å²) in [6, 6.07) is 9.06. The first kappa shape index (κ1) is 13.1. The lowest BCUT2D eigenvalue weighted by molar-refractivity contribution is 0.00702. The Morgan fingerprint density at radius 2 is 2.16 bits per heavy atom. The Balaban J connectivity index is 1.72. The molecule has 3 nitrogen and oxygen atoms in total. The average Bonchev–Trinajstić information content (AvgIpc) is 2.99. The van der Waals surface area contributed by atoms with Crippen molar-refractivity contribution in [3.05, 3.63) is 35.4 Å². The molecular weight excluding hydrogens is 238 g/mol. The van der Waals surface area contributed by atoms with Gasteiger partial charge in [-0.05, 0) is 43.9 Å². The zero-order valence-corrected chi connectivity index (χ0v) is 11.6. The third-order valence-corrected chi connectivity index (χ3v) is 4.34. The SMILES string of the molecule is CNC(CC1OCCc2ccccc21)C1CCCO1. The molecule has 0 amide bonds. The maximum absolute atomic E-state index is 6.00. The molecule has 104 valence electrons. The summed E-state index contributed by atoms with van der Waals surface area (Å²) in [6.45, 7) is 1.74. The van der Waals surface area contributed by atoms with E-state index >= 15 is 0 Å². The van der Waals surface area contributed by atoms with E-state index in [0.29, 0.717) is 12.1 Å². The summed E-state index contributed by atoms with van der Waals surface area (Å²) < 4.78 is 11.8. The highest BCUT2D eigenvalue weighted by Gasteiger charge is 2.30. The molecule has 3 atom stereocenters. The van der Waals surface area contributed by atoms with E-state index in [0.717, 1.165) is 26.1 Å². The molecule has 1 aromatic rings. The molecule has 3 unspecified atom stereocenters. The standard InChI is InChI=1S/C16H23NO2/c1-17-14(15-7-4-9-18-15)11-16-13-6-3-2-5-12(13)8-10-19-16/h2-3,5-6,14-17H,4,7-11H2,1H3. The number of hydrogen-bond donors (Lipinski definition) is 1. The molecule has 19 heavy (non-hydrogen) atoms. The van der Waals surface area contributed by atoms with Gasteiger partial charge >= 0.3 is 0 Å². The van der Waals surface area contributed by atoms with Crippen LogP contribution < -0.4 is 5.32 Å². The highest BCUT2D eigenvalue weighted by Crippen LogP contribution is 2.32. The maximum atomic E-state index is 6.00. The van der Waals surface area contributed by atoms with Crippen molar-refractivity contribution in [2.75, 3.05) is 20.3 Å². The molecule has 0 bridgehead atoms. The van der Waals surface area contributed by atoms with Gasteiger partial charge in [-0.15, -0.1) is 0 Å². The van der Waals surface area contributed by atoms with E-state index in [1.165, 1.54) is 24.0 Å². The van der Waals surface area contributed by atoms with Gasteiger partial charge in [-0.1, -0.05) is 24.3 Å². The van der Waals surface area contributed by atoms with Gasteiger partial charge in [0.25, 0.3) is 0 Å². The van der Waals surface area contributed by atoms with Gasteiger partial charge in [0.1, 0.15) is 0 Å². The fraction of sp³-hybridized carbons (Fsp3) is 0.625. The first-order chi connectivity index (χ1) is 9.38. The quantitative estimate of drug-likeness (QED) is 0.903. The molecule has 0 aliphatic carbocycles. The van der Waals surface area contributed by atoms with Gasteiger partial charge in [0.2, 0.25) is 0 Å². The van der Waals surface area contributed by atoms with Crippen LogP contribution in [0.1, 0.15) is 36.5 Å². The van der Waals surface area contributed by atoms with Gasteiger partial charge in [0.05, 0.1) is 18.8 Å². The zero-order chi connectivity index (χ0) is 13.1. The summed E-state index contributed by atoms with van der Waals surface area (Å²) in [7, 11) is 2.03. The van der Waals surface area contributed by atoms with Crippen LogP contribution in [0.15, 0.2) is 24.3 Å². The Labute approximate surface area is 115 Å². The molecule has 2 heterocycles. The monoisotopic (exact) mass is 261 g/mol. The average molecular weight is 261 g/mol. The number of nitrogens with one attached hydrogen (secondary N) is 1. The molecule has 1 fully saturated rings. The molecule has 1 N–H and O–H groups in total. The van der Waals surface area contributed by atoms with E-state index in [2.05, 4.69) is 29.6 Å². The zero-order valence-electron chi connectivity index (χ0n) is 11.6. The van der Waals surface area contributed by atoms with Crippen LogP contribution in [0.2, 0.25) is 0 Å². The van der Waals surface area contributed by atoms with Crippen molar-refractivity contribution in [3.63, 3.8) is 0 Å². The van der Waals surface area contributed by atoms with Gasteiger partial charge in [-0.2, -0.15) is 0 Å². The molecular formula is C16H23NO2. The largest absolute Gasteiger partial charge is 0.377 e. The Morgan fingerprint density at radius 3 is 2.95 bits per heavy atom. The molecule has 3 rings (SSSR count). The first-order valence-electron chi connectivity index (χ1n) is 7.37. The van der Waals surface area contributed by atoms with Crippen molar-refractivity contribution in [1.29, 1.82) is 0 Å². The number of hydrogen-bond acceptors (Lipinski definition) is 3. The minimum absolute atomic E-state index is 0.214. The Kier molecular flexibility index (Phi) is 4.16. The van der Waals surface area contributed by atoms with E-state index in [1.807, 2.05) is 7.05 Å². The molecule has 0 saturated carbocycles. The van der Waals surface area contributed by atoms with E-state index in [9.17, 15) is 0 Å². The molecule has 0 aromatic heterocycles. The number of ether oxygens (including phenoxy) is 2. The maximum Gasteiger partial charge on any atom is 0.0843 e. The minimum atomic E-state index is 0.214. The fourth-order valence-electron chi connectivity index (χ4n) is 3.28. The second-order valence-electron chi connectivity index (χ2n) is 5.49. The number of benzene rings is 1. The van der Waals surface area contributed by atoms with Crippen molar-refractivity contribution in [2.45, 2.75) is 43.9 Å². The number of rotatable bonds is 4. The summed E-state index contributed by atoms with van der Waals surface area (Å²) in [4.78, 5) is 0. The summed E-state index contributed by atoms with van der Waals surface area (Å²) in [5, 5.41) is 3.42. The molecule has 3 heteroatoms. The lowest BCUT2D eigenvalue weighted by atomic mass is 9.91. The first-order valence-corrected chi connectivity index (χ1v) is 7.37. The predicted molar refractivity (Wildman–Crippen MR) is 75.3 cm³/mol. The van der Waals surface area contributed by atoms with Crippen LogP contribution in [-0.4, -0.2) is 32.4 Å². The van der Waals surface area contributed by atoms with Gasteiger partial charge in [-0.3, -0.25) is 0 Å². The summed E-state index contributed by atoms with van der Waals surface area (Å²) in [6.07, 6.45) is 4.95. The summed E-state index contributed by atoms with van der Waals surface area (Å²) >= 11 is 0. The predicted octanol–water partition coefficient (Wildman–Crippen LogP) is 2.46. The van der Waals surface area contributed by atoms with Crippen LogP contribution in [0.3, 0.4) is 0 Å². The molecule has 2 aliphatic heterocycles. The smallest absolute Gasteiger partial charge is 0.0843 e. The minimum Gasteiger partial charge on any atom is -0.377 e. The molecule has 1 aromatic carbocycles. The van der Waals surface area contributed by atoms with Crippen molar-refractivity contribution in [2.24, 2.45) is 0 Å². The highest BCUT2D eigenvalue weighted by molar-refractivity contribution is 5.31. The van der Waals surface area contributed by atoms with Crippen molar-refractivity contribution >= 4 is 0 Å². The van der Waals surface area contributed by atoms with Crippen LogP contribution in [0.25, 0.3) is 0 Å². The van der Waals surface area contributed by atoms with E-state index in [1.54, 1.807) is 0 Å². The van der Waals surface area contributed by atoms with E-state index < -0.39 is 0 Å². The topological polar surface area (TPSA) is 30.5 Å². The third-order valence-electron chi connectivity index (χ3n) is 4.34. The Hall–Kier alpha value is -0.900. The lowest BCUT2D eigenvalue weighted by Gasteiger charge is -2.31. The van der Waals surface area contributed by atoms with E-state index in [4.69, 9.17) is 9.47 Å². The Morgan fingerprint density at radius 1 is 1.26 bits per heavy atom. The lowest BCUT2D eigenvalue weighted by Crippen LogP contribution is -2.39. The van der Waals surface area contributed by atoms with Crippen LogP contribution in [0.5, 0.6) is 0 Å². The number of fused-ring (bicyclic) bond motifs is 1. The van der Waals surface area contributed by atoms with E-state index in [-0.39, 0.29) is 6.10 Å². The van der Waals surface area contributed by atoms with Gasteiger partial charge in [0, 0.05) is 12.6 Å². The molecule has 2 aliphatic rings. The van der Waals surface area contributed by atoms with Crippen molar-refractivity contribution in [1.82, 2.24) is 5.32 Å². The second kappa shape index (κ2) is 6.04. The fourth-order valence-corrected chi connectivity index (χ4v) is 3.28. The number of likely N-dealkylation sites (N-methyl/N-ethyl adjacent to an activating group) is 1. The molecule has 0 radical (unpaired) electrons. The summed E-state index contributed by atoms with van der Waals surface area (Å²) in [5.74, 6) is 0. The second-order valence-corrected chi connectivity index (χ2v) is 5.49. The molecule has 1 saturated heterocycles. The van der Waals surface area contributed by atoms with Gasteiger partial charge in [0.15, 0.2) is 0 Å². The van der Waals surface area contributed by atoms with Crippen molar-refractivity contribution < 1.29 is 9.47 Å². The van der Waals surface area contributed by atoms with Gasteiger partial charge < -0.3 is 14.8 Å². The van der Waals surface area contributed by atoms with Crippen LogP contribution in [0, 0.1) is 0 Å². The summed E-state index contributed by atoms with van der Waals surface area (Å²) in [5.41, 5.74) is 2.81. The highest BCUT2D eigenvalue weighted by atomic mass is 16.5. The van der Waals surface area contributed by atoms with Crippen LogP contribution in [0.4, 0.5) is 0 Å². The van der Waals surface area contributed by atoms with Gasteiger partial charge in [-0.25, -0.2) is 0 Å². The van der Waals surface area contributed by atoms with Crippen LogP contribution >= 0.6 is 0 Å². The van der Waals surface area contributed by atoms with Crippen LogP contribution in [-0.2, 0) is 15.9 Å². The Bertz CT molecular complexity index is 415.